The lowest BCUT2D eigenvalue weighted by atomic mass is 10.1. The minimum absolute atomic E-state index is 0.0811. The van der Waals surface area contributed by atoms with Crippen molar-refractivity contribution in [2.24, 2.45) is 0 Å². The first-order chi connectivity index (χ1) is 12.5. The van der Waals surface area contributed by atoms with E-state index in [1.807, 2.05) is 30.3 Å². The number of nitrogens with one attached hydrogen (secondary N) is 1. The second-order valence-corrected chi connectivity index (χ2v) is 8.80. The van der Waals surface area contributed by atoms with Gasteiger partial charge < -0.3 is 10.1 Å². The largest absolute Gasteiger partial charge is 0.489 e. The molecule has 1 atom stereocenters. The lowest BCUT2D eigenvalue weighted by Crippen LogP contribution is -2.17. The van der Waals surface area contributed by atoms with E-state index in [2.05, 4.69) is 15.3 Å². The summed E-state index contributed by atoms with van der Waals surface area (Å²) in [5, 5.41) is 5.52. The Morgan fingerprint density at radius 1 is 1.15 bits per heavy atom. The summed E-state index contributed by atoms with van der Waals surface area (Å²) in [4.78, 5) is 8.43. The van der Waals surface area contributed by atoms with Crippen LogP contribution in [-0.2, 0) is 9.84 Å². The van der Waals surface area contributed by atoms with Crippen molar-refractivity contribution in [3.05, 3.63) is 53.9 Å². The van der Waals surface area contributed by atoms with E-state index in [1.54, 1.807) is 18.5 Å². The summed E-state index contributed by atoms with van der Waals surface area (Å²) in [5.74, 6) is 1.63. The average Bonchev–Trinajstić information content (AvgIpc) is 2.95. The highest BCUT2D eigenvalue weighted by Crippen LogP contribution is 2.29. The van der Waals surface area contributed by atoms with Gasteiger partial charge in [0.1, 0.15) is 22.8 Å². The van der Waals surface area contributed by atoms with Crippen LogP contribution in [0.3, 0.4) is 0 Å². The maximum atomic E-state index is 11.6. The molecule has 1 aromatic carbocycles. The van der Waals surface area contributed by atoms with Gasteiger partial charge in [-0.3, -0.25) is 0 Å². The Hall–Kier alpha value is -2.38. The number of hydrogen-bond acceptors (Lipinski definition) is 6. The van der Waals surface area contributed by atoms with E-state index in [9.17, 15) is 8.42 Å². The van der Waals surface area contributed by atoms with Crippen molar-refractivity contribution in [3.8, 4) is 5.75 Å². The van der Waals surface area contributed by atoms with Gasteiger partial charge in [-0.25, -0.2) is 18.4 Å². The number of fused-ring (bicyclic) bond motifs is 1. The molecule has 1 aliphatic heterocycles. The van der Waals surface area contributed by atoms with Crippen molar-refractivity contribution in [1.82, 2.24) is 9.97 Å². The number of halogens is 1. The Kier molecular flexibility index (Phi) is 4.42. The third kappa shape index (κ3) is 3.73. The first-order valence-corrected chi connectivity index (χ1v) is 10.3. The molecule has 0 unspecified atom stereocenters. The molecule has 134 valence electrons. The molecule has 0 aliphatic carbocycles. The Labute approximate surface area is 156 Å². The highest BCUT2D eigenvalue weighted by molar-refractivity contribution is 7.91. The number of rotatable bonds is 4. The minimum Gasteiger partial charge on any atom is -0.489 e. The average molecular weight is 390 g/mol. The van der Waals surface area contributed by atoms with Gasteiger partial charge in [0.2, 0.25) is 0 Å². The summed E-state index contributed by atoms with van der Waals surface area (Å²) >= 11 is 5.81. The molecule has 8 heteroatoms. The summed E-state index contributed by atoms with van der Waals surface area (Å²) in [6.45, 7) is 0. The van der Waals surface area contributed by atoms with Crippen molar-refractivity contribution < 1.29 is 13.2 Å². The highest BCUT2D eigenvalue weighted by Gasteiger charge is 2.29. The summed E-state index contributed by atoms with van der Waals surface area (Å²) in [5.41, 5.74) is 0.783. The van der Waals surface area contributed by atoms with Gasteiger partial charge in [-0.1, -0.05) is 11.6 Å². The van der Waals surface area contributed by atoms with Gasteiger partial charge in [-0.2, -0.15) is 0 Å². The molecule has 0 amide bonds. The molecule has 4 rings (SSSR count). The quantitative estimate of drug-likeness (QED) is 0.687. The minimum atomic E-state index is -2.96. The predicted molar refractivity (Wildman–Crippen MR) is 102 cm³/mol. The van der Waals surface area contributed by atoms with E-state index in [4.69, 9.17) is 16.3 Å². The number of anilines is 2. The molecule has 1 saturated heterocycles. The van der Waals surface area contributed by atoms with Crippen molar-refractivity contribution in [2.75, 3.05) is 16.8 Å². The Morgan fingerprint density at radius 2 is 2.04 bits per heavy atom. The van der Waals surface area contributed by atoms with Crippen LogP contribution in [0.15, 0.2) is 48.8 Å². The monoisotopic (exact) mass is 389 g/mol. The summed E-state index contributed by atoms with van der Waals surface area (Å²) in [6.07, 6.45) is 3.60. The predicted octanol–water partition coefficient (Wildman–Crippen LogP) is 3.59. The van der Waals surface area contributed by atoms with Crippen LogP contribution >= 0.6 is 11.6 Å². The zero-order valence-corrected chi connectivity index (χ0v) is 15.3. The first-order valence-electron chi connectivity index (χ1n) is 8.13. The molecule has 1 fully saturated rings. The lowest BCUT2D eigenvalue weighted by Gasteiger charge is -2.14. The number of sulfone groups is 1. The second kappa shape index (κ2) is 6.74. The van der Waals surface area contributed by atoms with E-state index < -0.39 is 9.84 Å². The van der Waals surface area contributed by atoms with Crippen LogP contribution in [0.25, 0.3) is 10.8 Å². The van der Waals surface area contributed by atoms with Crippen LogP contribution in [0.4, 0.5) is 11.5 Å². The maximum Gasteiger partial charge on any atom is 0.154 e. The molecule has 1 aliphatic rings. The van der Waals surface area contributed by atoms with Crippen LogP contribution in [0.5, 0.6) is 5.75 Å². The number of benzene rings is 1. The van der Waals surface area contributed by atoms with Gasteiger partial charge in [0, 0.05) is 11.6 Å². The highest BCUT2D eigenvalue weighted by atomic mass is 35.5. The topological polar surface area (TPSA) is 81.2 Å². The fourth-order valence-electron chi connectivity index (χ4n) is 2.96. The molecular weight excluding hydrogens is 374 g/mol. The fraction of sp³-hybridized carbons (Fsp3) is 0.222. The van der Waals surface area contributed by atoms with E-state index in [0.717, 1.165) is 16.5 Å². The Morgan fingerprint density at radius 3 is 2.77 bits per heavy atom. The molecule has 0 spiro atoms. The van der Waals surface area contributed by atoms with Crippen molar-refractivity contribution in [1.29, 1.82) is 0 Å². The molecule has 0 saturated carbocycles. The molecule has 26 heavy (non-hydrogen) atoms. The zero-order valence-electron chi connectivity index (χ0n) is 13.7. The zero-order chi connectivity index (χ0) is 18.1. The smallest absolute Gasteiger partial charge is 0.154 e. The Balaban J connectivity index is 1.58. The summed E-state index contributed by atoms with van der Waals surface area (Å²) in [6, 6.07) is 11.1. The molecule has 3 heterocycles. The third-order valence-electron chi connectivity index (χ3n) is 4.22. The molecule has 2 aromatic heterocycles. The fourth-order valence-corrected chi connectivity index (χ4v) is 4.66. The van der Waals surface area contributed by atoms with Gasteiger partial charge in [-0.05, 0) is 48.2 Å². The van der Waals surface area contributed by atoms with Crippen LogP contribution in [0.1, 0.15) is 6.42 Å². The second-order valence-electron chi connectivity index (χ2n) is 6.18. The molecular formula is C18H16ClN3O3S. The Bertz CT molecular complexity index is 1050. The van der Waals surface area contributed by atoms with Gasteiger partial charge in [0.05, 0.1) is 23.4 Å². The van der Waals surface area contributed by atoms with E-state index in [-0.39, 0.29) is 17.6 Å². The van der Waals surface area contributed by atoms with Gasteiger partial charge in [-0.15, -0.1) is 0 Å². The van der Waals surface area contributed by atoms with E-state index >= 15 is 0 Å². The van der Waals surface area contributed by atoms with Crippen LogP contribution in [0.2, 0.25) is 5.15 Å². The molecule has 0 radical (unpaired) electrons. The number of aromatic nitrogens is 2. The van der Waals surface area contributed by atoms with Crippen molar-refractivity contribution in [2.45, 2.75) is 12.5 Å². The van der Waals surface area contributed by atoms with Gasteiger partial charge in [0.25, 0.3) is 0 Å². The number of hydrogen-bond donors (Lipinski definition) is 1. The lowest BCUT2D eigenvalue weighted by molar-refractivity contribution is 0.229. The number of nitrogens with zero attached hydrogens (tertiary/aromatic N) is 2. The van der Waals surface area contributed by atoms with Crippen LogP contribution < -0.4 is 10.1 Å². The van der Waals surface area contributed by atoms with Gasteiger partial charge >= 0.3 is 0 Å². The third-order valence-corrected chi connectivity index (χ3v) is 6.18. The molecule has 3 aromatic rings. The van der Waals surface area contributed by atoms with Crippen molar-refractivity contribution in [3.63, 3.8) is 0 Å². The van der Waals surface area contributed by atoms with Gasteiger partial charge in [0.15, 0.2) is 9.84 Å². The summed E-state index contributed by atoms with van der Waals surface area (Å²) < 4.78 is 29.0. The van der Waals surface area contributed by atoms with Crippen LogP contribution in [-0.4, -0.2) is 36.0 Å². The normalized spacial score (nSPS) is 18.7. The SMILES string of the molecule is O=S1(=O)CC[C@H](Oc2ccc3c(Nc4ccc(Cl)nc4)nccc3c2)C1. The van der Waals surface area contributed by atoms with Crippen molar-refractivity contribution >= 4 is 43.7 Å². The first kappa shape index (κ1) is 17.1. The van der Waals surface area contributed by atoms with Crippen LogP contribution in [0, 0.1) is 0 Å². The number of ether oxygens (including phenoxy) is 1. The molecule has 6 nitrogen and oxygen atoms in total. The number of pyridine rings is 2. The maximum absolute atomic E-state index is 11.6. The molecule has 1 N–H and O–H groups in total. The van der Waals surface area contributed by atoms with E-state index in [1.165, 1.54) is 0 Å². The van der Waals surface area contributed by atoms with E-state index in [0.29, 0.717) is 23.1 Å². The summed E-state index contributed by atoms with van der Waals surface area (Å²) in [7, 11) is -2.96. The standard InChI is InChI=1S/C18H16ClN3O3S/c19-17-4-1-13(10-21-17)22-18-16-3-2-14(9-12(16)5-7-20-18)25-15-6-8-26(23,24)11-15/h1-5,7,9-10,15H,6,8,11H2,(H,20,22)/t15-/m0/s1. The molecule has 0 bridgehead atoms.